The third-order valence-corrected chi connectivity index (χ3v) is 6.11. The van der Waals surface area contributed by atoms with Crippen molar-refractivity contribution in [2.24, 2.45) is 5.41 Å². The molecule has 1 aromatic carbocycles. The minimum absolute atomic E-state index is 0.205. The summed E-state index contributed by atoms with van der Waals surface area (Å²) in [6.45, 7) is 5.82. The van der Waals surface area contributed by atoms with E-state index in [0.717, 1.165) is 5.56 Å². The lowest BCUT2D eigenvalue weighted by atomic mass is 9.88. The van der Waals surface area contributed by atoms with Gasteiger partial charge in [-0.05, 0) is 31.5 Å². The average molecular weight is 431 g/mol. The number of esters is 2. The number of cyclic esters (lactones) is 1. The van der Waals surface area contributed by atoms with Crippen LogP contribution < -0.4 is 4.74 Å². The van der Waals surface area contributed by atoms with Gasteiger partial charge in [0.25, 0.3) is 0 Å². The molecule has 1 saturated carbocycles. The van der Waals surface area contributed by atoms with E-state index in [1.807, 2.05) is 39.0 Å². The lowest BCUT2D eigenvalue weighted by Crippen LogP contribution is -2.39. The third kappa shape index (κ3) is 3.31. The molecule has 1 aliphatic carbocycles. The lowest BCUT2D eigenvalue weighted by Gasteiger charge is -2.26. The van der Waals surface area contributed by atoms with E-state index < -0.39 is 28.9 Å². The number of carbonyl (C=O) groups excluding carboxylic acids is 2. The van der Waals surface area contributed by atoms with Crippen LogP contribution in [-0.2, 0) is 24.5 Å². The summed E-state index contributed by atoms with van der Waals surface area (Å²) in [5.74, 6) is -0.713. The van der Waals surface area contributed by atoms with E-state index in [1.54, 1.807) is 19.2 Å². The van der Waals surface area contributed by atoms with Gasteiger partial charge in [-0.15, -0.1) is 5.10 Å². The number of benzene rings is 1. The molecular formula is C22H23ClN2O5. The summed E-state index contributed by atoms with van der Waals surface area (Å²) in [6.07, 6.45) is -0.500. The molecule has 2 aromatic rings. The van der Waals surface area contributed by atoms with Crippen LogP contribution in [0.25, 0.3) is 0 Å². The number of hydrogen-bond acceptors (Lipinski definition) is 7. The summed E-state index contributed by atoms with van der Waals surface area (Å²) in [4.78, 5) is 25.8. The number of ether oxygens (including phenoxy) is 3. The molecule has 2 aliphatic rings. The summed E-state index contributed by atoms with van der Waals surface area (Å²) in [5.41, 5.74) is 0.689. The minimum Gasteiger partial charge on any atom is -0.496 e. The molecule has 2 heterocycles. The molecule has 2 fully saturated rings. The standard InChI is InChI=1S/C22H23ClN2O5/c1-12-5-7-16(28-4)13(9-12)22(10-14(22)15-6-8-17(23)25-24-15)20(27)30-18-19(26)29-11-21(18,2)3/h5-9,14,18H,10-11H2,1-4H3/t14?,18-,22?/m0/s1. The molecule has 1 aromatic heterocycles. The van der Waals surface area contributed by atoms with Crippen molar-refractivity contribution in [3.63, 3.8) is 0 Å². The van der Waals surface area contributed by atoms with Crippen molar-refractivity contribution in [2.75, 3.05) is 13.7 Å². The van der Waals surface area contributed by atoms with Crippen molar-refractivity contribution in [1.29, 1.82) is 0 Å². The van der Waals surface area contributed by atoms with E-state index in [0.29, 0.717) is 23.4 Å². The second kappa shape index (κ2) is 7.23. The first kappa shape index (κ1) is 20.6. The van der Waals surface area contributed by atoms with Gasteiger partial charge in [-0.1, -0.05) is 43.1 Å². The molecular weight excluding hydrogens is 408 g/mol. The molecule has 0 bridgehead atoms. The molecule has 2 unspecified atom stereocenters. The number of hydrogen-bond donors (Lipinski definition) is 0. The zero-order valence-electron chi connectivity index (χ0n) is 17.3. The first-order valence-electron chi connectivity index (χ1n) is 9.71. The Morgan fingerprint density at radius 3 is 2.60 bits per heavy atom. The molecule has 0 amide bonds. The highest BCUT2D eigenvalue weighted by Gasteiger charge is 2.66. The summed E-state index contributed by atoms with van der Waals surface area (Å²) in [5, 5.41) is 8.36. The van der Waals surface area contributed by atoms with Gasteiger partial charge < -0.3 is 14.2 Å². The van der Waals surface area contributed by atoms with Crippen molar-refractivity contribution in [2.45, 2.75) is 44.6 Å². The normalized spacial score (nSPS) is 26.8. The molecule has 158 valence electrons. The van der Waals surface area contributed by atoms with Crippen LogP contribution in [0.4, 0.5) is 0 Å². The van der Waals surface area contributed by atoms with Crippen LogP contribution in [0.3, 0.4) is 0 Å². The van der Waals surface area contributed by atoms with Gasteiger partial charge in [-0.25, -0.2) is 4.79 Å². The number of carbonyl (C=O) groups is 2. The summed E-state index contributed by atoms with van der Waals surface area (Å²) in [7, 11) is 1.56. The van der Waals surface area contributed by atoms with Crippen LogP contribution in [0.15, 0.2) is 30.3 Å². The van der Waals surface area contributed by atoms with Gasteiger partial charge >= 0.3 is 11.9 Å². The van der Waals surface area contributed by atoms with Crippen molar-refractivity contribution in [3.8, 4) is 5.75 Å². The Bertz CT molecular complexity index is 1010. The molecule has 0 radical (unpaired) electrons. The van der Waals surface area contributed by atoms with Gasteiger partial charge in [0, 0.05) is 16.9 Å². The van der Waals surface area contributed by atoms with Gasteiger partial charge in [0.05, 0.1) is 12.8 Å². The lowest BCUT2D eigenvalue weighted by molar-refractivity contribution is -0.165. The van der Waals surface area contributed by atoms with E-state index in [9.17, 15) is 9.59 Å². The fourth-order valence-electron chi connectivity index (χ4n) is 4.08. The summed E-state index contributed by atoms with van der Waals surface area (Å²) >= 11 is 5.88. The Balaban J connectivity index is 1.76. The quantitative estimate of drug-likeness (QED) is 0.672. The predicted octanol–water partition coefficient (Wildman–Crippen LogP) is 3.37. The van der Waals surface area contributed by atoms with E-state index in [-0.39, 0.29) is 17.7 Å². The van der Waals surface area contributed by atoms with E-state index in [2.05, 4.69) is 10.2 Å². The second-order valence-electron chi connectivity index (χ2n) is 8.59. The van der Waals surface area contributed by atoms with Crippen LogP contribution in [0, 0.1) is 12.3 Å². The van der Waals surface area contributed by atoms with Crippen molar-refractivity contribution in [3.05, 3.63) is 52.3 Å². The maximum atomic E-state index is 13.6. The van der Waals surface area contributed by atoms with Crippen LogP contribution in [0.2, 0.25) is 5.15 Å². The maximum absolute atomic E-state index is 13.6. The largest absolute Gasteiger partial charge is 0.496 e. The molecule has 1 aliphatic heterocycles. The summed E-state index contributed by atoms with van der Waals surface area (Å²) < 4.78 is 16.5. The highest BCUT2D eigenvalue weighted by atomic mass is 35.5. The van der Waals surface area contributed by atoms with Gasteiger partial charge in [0.1, 0.15) is 17.8 Å². The molecule has 0 N–H and O–H groups in total. The highest BCUT2D eigenvalue weighted by molar-refractivity contribution is 6.29. The van der Waals surface area contributed by atoms with Crippen molar-refractivity contribution in [1.82, 2.24) is 10.2 Å². The predicted molar refractivity (Wildman–Crippen MR) is 108 cm³/mol. The number of nitrogens with zero attached hydrogens (tertiary/aromatic N) is 2. The Morgan fingerprint density at radius 1 is 1.23 bits per heavy atom. The van der Waals surface area contributed by atoms with E-state index in [4.69, 9.17) is 25.8 Å². The topological polar surface area (TPSA) is 87.6 Å². The van der Waals surface area contributed by atoms with Gasteiger partial charge in [-0.3, -0.25) is 4.79 Å². The van der Waals surface area contributed by atoms with E-state index >= 15 is 0 Å². The number of halogens is 1. The SMILES string of the molecule is COc1ccc(C)cc1C1(C(=O)O[C@H]2C(=O)OCC2(C)C)CC1c1ccc(Cl)nn1. The monoisotopic (exact) mass is 430 g/mol. The van der Waals surface area contributed by atoms with Crippen molar-refractivity contribution >= 4 is 23.5 Å². The third-order valence-electron chi connectivity index (χ3n) is 5.91. The Morgan fingerprint density at radius 2 is 2.00 bits per heavy atom. The van der Waals surface area contributed by atoms with Gasteiger partial charge in [-0.2, -0.15) is 5.10 Å². The Kier molecular flexibility index (Phi) is 4.97. The summed E-state index contributed by atoms with van der Waals surface area (Å²) in [6, 6.07) is 9.06. The van der Waals surface area contributed by atoms with Crippen LogP contribution in [-0.4, -0.2) is 42.0 Å². The number of rotatable bonds is 5. The fraction of sp³-hybridized carbons (Fsp3) is 0.455. The van der Waals surface area contributed by atoms with Crippen LogP contribution in [0.1, 0.15) is 43.0 Å². The second-order valence-corrected chi connectivity index (χ2v) is 8.98. The van der Waals surface area contributed by atoms with Gasteiger partial charge in [0.2, 0.25) is 6.10 Å². The molecule has 0 spiro atoms. The number of methoxy groups -OCH3 is 1. The molecule has 3 atom stereocenters. The minimum atomic E-state index is -1.03. The Labute approximate surface area is 179 Å². The zero-order valence-corrected chi connectivity index (χ0v) is 18.0. The fourth-order valence-corrected chi connectivity index (χ4v) is 4.18. The van der Waals surface area contributed by atoms with E-state index in [1.165, 1.54) is 0 Å². The zero-order chi connectivity index (χ0) is 21.7. The molecule has 4 rings (SSSR count). The molecule has 1 saturated heterocycles. The number of aryl methyl sites for hydroxylation is 1. The molecule has 30 heavy (non-hydrogen) atoms. The maximum Gasteiger partial charge on any atom is 0.348 e. The molecule has 8 heteroatoms. The molecule has 7 nitrogen and oxygen atoms in total. The highest BCUT2D eigenvalue weighted by Crippen LogP contribution is 2.63. The average Bonchev–Trinajstić information content (AvgIpc) is 3.41. The first-order valence-corrected chi connectivity index (χ1v) is 10.1. The van der Waals surface area contributed by atoms with Crippen LogP contribution in [0.5, 0.6) is 5.75 Å². The van der Waals surface area contributed by atoms with Crippen molar-refractivity contribution < 1.29 is 23.8 Å². The number of aromatic nitrogens is 2. The van der Waals surface area contributed by atoms with Gasteiger partial charge in [0.15, 0.2) is 5.15 Å². The smallest absolute Gasteiger partial charge is 0.348 e. The Hall–Kier alpha value is -2.67. The van der Waals surface area contributed by atoms with Crippen LogP contribution >= 0.6 is 11.6 Å². The first-order chi connectivity index (χ1) is 14.2.